The SMILES string of the molecule is CC(Cn1cccn1)NC(=O)c1cc(N)c(F)cc1Br. The first kappa shape index (κ1) is 14.5. The number of halogens is 2. The minimum absolute atomic E-state index is 0.0573. The number of nitrogen functional groups attached to an aromatic ring is 1. The van der Waals surface area contributed by atoms with Crippen molar-refractivity contribution in [2.75, 3.05) is 5.73 Å². The number of nitrogens with one attached hydrogen (secondary N) is 1. The quantitative estimate of drug-likeness (QED) is 0.838. The molecule has 0 saturated heterocycles. The smallest absolute Gasteiger partial charge is 0.252 e. The minimum atomic E-state index is -0.557. The normalized spacial score (nSPS) is 12.2. The van der Waals surface area contributed by atoms with Crippen molar-refractivity contribution in [3.8, 4) is 0 Å². The van der Waals surface area contributed by atoms with Crippen LogP contribution in [0.4, 0.5) is 10.1 Å². The van der Waals surface area contributed by atoms with E-state index in [1.807, 2.05) is 19.2 Å². The predicted octanol–water partition coefficient (Wildman–Crippen LogP) is 2.19. The summed E-state index contributed by atoms with van der Waals surface area (Å²) in [7, 11) is 0. The Bertz CT molecular complexity index is 615. The lowest BCUT2D eigenvalue weighted by Gasteiger charge is -2.15. The van der Waals surface area contributed by atoms with Gasteiger partial charge in [0.25, 0.3) is 5.91 Å². The Morgan fingerprint density at radius 1 is 1.60 bits per heavy atom. The Morgan fingerprint density at radius 2 is 2.35 bits per heavy atom. The number of carbonyl (C=O) groups is 1. The molecule has 106 valence electrons. The van der Waals surface area contributed by atoms with E-state index in [1.165, 1.54) is 12.1 Å². The van der Waals surface area contributed by atoms with Gasteiger partial charge in [0, 0.05) is 22.9 Å². The van der Waals surface area contributed by atoms with Gasteiger partial charge in [-0.1, -0.05) is 0 Å². The molecular formula is C13H14BrFN4O. The van der Waals surface area contributed by atoms with Crippen LogP contribution in [-0.2, 0) is 6.54 Å². The molecule has 5 nitrogen and oxygen atoms in total. The topological polar surface area (TPSA) is 72.9 Å². The van der Waals surface area contributed by atoms with Gasteiger partial charge < -0.3 is 11.1 Å². The largest absolute Gasteiger partial charge is 0.396 e. The van der Waals surface area contributed by atoms with Gasteiger partial charge in [0.05, 0.1) is 17.8 Å². The van der Waals surface area contributed by atoms with Crippen molar-refractivity contribution in [2.24, 2.45) is 0 Å². The van der Waals surface area contributed by atoms with Crippen molar-refractivity contribution < 1.29 is 9.18 Å². The molecule has 1 aromatic carbocycles. The van der Waals surface area contributed by atoms with Gasteiger partial charge in [-0.15, -0.1) is 0 Å². The average Bonchev–Trinajstić information content (AvgIpc) is 2.86. The molecule has 0 aliphatic rings. The first-order chi connectivity index (χ1) is 9.47. The molecule has 1 aromatic heterocycles. The van der Waals surface area contributed by atoms with Crippen LogP contribution in [0.5, 0.6) is 0 Å². The van der Waals surface area contributed by atoms with E-state index in [0.29, 0.717) is 16.6 Å². The van der Waals surface area contributed by atoms with Crippen molar-refractivity contribution in [1.29, 1.82) is 0 Å². The van der Waals surface area contributed by atoms with Crippen LogP contribution in [0, 0.1) is 5.82 Å². The zero-order chi connectivity index (χ0) is 14.7. The molecule has 7 heteroatoms. The predicted molar refractivity (Wildman–Crippen MR) is 77.7 cm³/mol. The first-order valence-electron chi connectivity index (χ1n) is 6.00. The Morgan fingerprint density at radius 3 is 3.00 bits per heavy atom. The fourth-order valence-corrected chi connectivity index (χ4v) is 2.27. The molecule has 0 radical (unpaired) electrons. The highest BCUT2D eigenvalue weighted by Gasteiger charge is 2.15. The van der Waals surface area contributed by atoms with E-state index in [2.05, 4.69) is 26.3 Å². The van der Waals surface area contributed by atoms with Crippen LogP contribution in [0.1, 0.15) is 17.3 Å². The van der Waals surface area contributed by atoms with E-state index in [9.17, 15) is 9.18 Å². The van der Waals surface area contributed by atoms with E-state index in [0.717, 1.165) is 0 Å². The first-order valence-corrected chi connectivity index (χ1v) is 6.79. The summed E-state index contributed by atoms with van der Waals surface area (Å²) in [5, 5.41) is 6.88. The van der Waals surface area contributed by atoms with E-state index < -0.39 is 5.82 Å². The third-order valence-corrected chi connectivity index (χ3v) is 3.38. The summed E-state index contributed by atoms with van der Waals surface area (Å²) >= 11 is 3.16. The van der Waals surface area contributed by atoms with Crippen LogP contribution in [0.15, 0.2) is 35.1 Å². The summed E-state index contributed by atoms with van der Waals surface area (Å²) in [5.41, 5.74) is 5.72. The molecule has 1 atom stereocenters. The highest BCUT2D eigenvalue weighted by Crippen LogP contribution is 2.22. The lowest BCUT2D eigenvalue weighted by atomic mass is 10.1. The van der Waals surface area contributed by atoms with E-state index in [1.54, 1.807) is 10.9 Å². The Labute approximate surface area is 124 Å². The van der Waals surface area contributed by atoms with Gasteiger partial charge in [-0.3, -0.25) is 9.48 Å². The second-order valence-electron chi connectivity index (χ2n) is 4.46. The lowest BCUT2D eigenvalue weighted by Crippen LogP contribution is -2.36. The molecule has 2 aromatic rings. The molecular weight excluding hydrogens is 327 g/mol. The molecule has 1 amide bonds. The number of hydrogen-bond donors (Lipinski definition) is 2. The van der Waals surface area contributed by atoms with Crippen molar-refractivity contribution in [3.05, 3.63) is 46.4 Å². The zero-order valence-corrected chi connectivity index (χ0v) is 12.4. The van der Waals surface area contributed by atoms with Gasteiger partial charge in [0.15, 0.2) is 0 Å². The van der Waals surface area contributed by atoms with Crippen LogP contribution >= 0.6 is 15.9 Å². The van der Waals surface area contributed by atoms with Crippen LogP contribution in [0.2, 0.25) is 0 Å². The summed E-state index contributed by atoms with van der Waals surface area (Å²) in [6, 6.07) is 4.18. The Kier molecular flexibility index (Phi) is 4.39. The minimum Gasteiger partial charge on any atom is -0.396 e. The second-order valence-corrected chi connectivity index (χ2v) is 5.31. The third-order valence-electron chi connectivity index (χ3n) is 2.73. The fraction of sp³-hybridized carbons (Fsp3) is 0.231. The summed E-state index contributed by atoms with van der Waals surface area (Å²) < 4.78 is 15.3. The van der Waals surface area contributed by atoms with Crippen molar-refractivity contribution in [1.82, 2.24) is 15.1 Å². The van der Waals surface area contributed by atoms with Crippen molar-refractivity contribution in [2.45, 2.75) is 19.5 Å². The Balaban J connectivity index is 2.06. The van der Waals surface area contributed by atoms with Crippen LogP contribution in [0.25, 0.3) is 0 Å². The number of hydrogen-bond acceptors (Lipinski definition) is 3. The number of nitrogens with two attached hydrogens (primary N) is 1. The summed E-state index contributed by atoms with van der Waals surface area (Å²) in [6.45, 7) is 2.41. The number of nitrogens with zero attached hydrogens (tertiary/aromatic N) is 2. The molecule has 0 saturated carbocycles. The van der Waals surface area contributed by atoms with E-state index in [4.69, 9.17) is 5.73 Å². The Hall–Kier alpha value is -1.89. The number of amides is 1. The van der Waals surface area contributed by atoms with Gasteiger partial charge >= 0.3 is 0 Å². The van der Waals surface area contributed by atoms with Gasteiger partial charge in [-0.25, -0.2) is 4.39 Å². The van der Waals surface area contributed by atoms with Crippen LogP contribution < -0.4 is 11.1 Å². The van der Waals surface area contributed by atoms with E-state index >= 15 is 0 Å². The van der Waals surface area contributed by atoms with Gasteiger partial charge in [0.2, 0.25) is 0 Å². The maximum atomic E-state index is 13.2. The van der Waals surface area contributed by atoms with Crippen LogP contribution in [-0.4, -0.2) is 21.7 Å². The lowest BCUT2D eigenvalue weighted by molar-refractivity contribution is 0.0935. The van der Waals surface area contributed by atoms with Gasteiger partial charge in [0.1, 0.15) is 5.82 Å². The summed E-state index contributed by atoms with van der Waals surface area (Å²) in [5.74, 6) is -0.874. The molecule has 0 aliphatic carbocycles. The van der Waals surface area contributed by atoms with Crippen LogP contribution in [0.3, 0.4) is 0 Å². The number of carbonyl (C=O) groups excluding carboxylic acids is 1. The number of benzene rings is 1. The number of anilines is 1. The number of aromatic nitrogens is 2. The molecule has 0 aliphatic heterocycles. The highest BCUT2D eigenvalue weighted by atomic mass is 79.9. The maximum absolute atomic E-state index is 13.2. The zero-order valence-electron chi connectivity index (χ0n) is 10.8. The van der Waals surface area contributed by atoms with Crippen molar-refractivity contribution >= 4 is 27.5 Å². The summed E-state index contributed by atoms with van der Waals surface area (Å²) in [4.78, 5) is 12.1. The maximum Gasteiger partial charge on any atom is 0.252 e. The fourth-order valence-electron chi connectivity index (χ4n) is 1.78. The van der Waals surface area contributed by atoms with E-state index in [-0.39, 0.29) is 17.6 Å². The third kappa shape index (κ3) is 3.36. The average molecular weight is 341 g/mol. The molecule has 1 heterocycles. The number of rotatable bonds is 4. The second kappa shape index (κ2) is 6.04. The molecule has 3 N–H and O–H groups in total. The molecule has 2 rings (SSSR count). The molecule has 0 bridgehead atoms. The molecule has 20 heavy (non-hydrogen) atoms. The standard InChI is InChI=1S/C13H14BrFN4O/c1-8(7-19-4-2-3-17-19)18-13(20)9-5-12(16)11(15)6-10(9)14/h2-6,8H,7,16H2,1H3,(H,18,20). The molecule has 0 fully saturated rings. The molecule has 0 spiro atoms. The molecule has 1 unspecified atom stereocenters. The van der Waals surface area contributed by atoms with Crippen molar-refractivity contribution in [3.63, 3.8) is 0 Å². The van der Waals surface area contributed by atoms with Gasteiger partial charge in [-0.2, -0.15) is 5.10 Å². The monoisotopic (exact) mass is 340 g/mol. The van der Waals surface area contributed by atoms with Gasteiger partial charge in [-0.05, 0) is 41.1 Å². The highest BCUT2D eigenvalue weighted by molar-refractivity contribution is 9.10. The summed E-state index contributed by atoms with van der Waals surface area (Å²) in [6.07, 6.45) is 3.49.